The molecule has 0 saturated carbocycles. The van der Waals surface area contributed by atoms with Crippen LogP contribution in [0.5, 0.6) is 0 Å². The van der Waals surface area contributed by atoms with Crippen LogP contribution in [0.25, 0.3) is 0 Å². The number of nitrogens with one attached hydrogen (secondary N) is 3. The molecule has 1 aliphatic rings. The number of carbonyl (C=O) groups excluding carboxylic acids is 5. The van der Waals surface area contributed by atoms with Gasteiger partial charge in [0.2, 0.25) is 11.8 Å². The van der Waals surface area contributed by atoms with Crippen molar-refractivity contribution < 1.29 is 28.7 Å². The minimum Gasteiger partial charge on any atom is -0.464 e. The summed E-state index contributed by atoms with van der Waals surface area (Å²) in [6.45, 7) is 4.83. The molecule has 1 heterocycles. The van der Waals surface area contributed by atoms with Gasteiger partial charge >= 0.3 is 12.0 Å². The number of esters is 1. The third-order valence-electron chi connectivity index (χ3n) is 4.97. The fourth-order valence-corrected chi connectivity index (χ4v) is 3.46. The third-order valence-corrected chi connectivity index (χ3v) is 5.50. The van der Waals surface area contributed by atoms with Gasteiger partial charge in [-0.2, -0.15) is 5.01 Å². The van der Waals surface area contributed by atoms with Crippen molar-refractivity contribution in [2.75, 3.05) is 18.5 Å². The molecule has 2 rings (SSSR count). The first kappa shape index (κ1) is 24.3. The van der Waals surface area contributed by atoms with E-state index in [0.29, 0.717) is 10.7 Å². The second-order valence-electron chi connectivity index (χ2n) is 7.46. The van der Waals surface area contributed by atoms with E-state index in [1.807, 2.05) is 0 Å². The van der Waals surface area contributed by atoms with Crippen molar-refractivity contribution in [1.29, 1.82) is 0 Å². The highest BCUT2D eigenvalue weighted by Crippen LogP contribution is 2.42. The van der Waals surface area contributed by atoms with E-state index in [9.17, 15) is 24.0 Å². The van der Waals surface area contributed by atoms with Gasteiger partial charge in [-0.3, -0.25) is 19.2 Å². The van der Waals surface area contributed by atoms with Gasteiger partial charge in [0.1, 0.15) is 6.61 Å². The zero-order chi connectivity index (χ0) is 23.2. The van der Waals surface area contributed by atoms with Gasteiger partial charge in [0, 0.05) is 29.9 Å². The molecule has 11 heteroatoms. The summed E-state index contributed by atoms with van der Waals surface area (Å²) in [6, 6.07) is 6.00. The Morgan fingerprint density at radius 2 is 1.84 bits per heavy atom. The van der Waals surface area contributed by atoms with E-state index < -0.39 is 35.1 Å². The van der Waals surface area contributed by atoms with E-state index in [1.165, 1.54) is 6.92 Å². The van der Waals surface area contributed by atoms with Crippen molar-refractivity contribution in [2.24, 2.45) is 11.3 Å². The van der Waals surface area contributed by atoms with Crippen LogP contribution in [0, 0.1) is 11.3 Å². The first-order valence-corrected chi connectivity index (χ1v) is 10.4. The molecule has 1 fully saturated rings. The number of urea groups is 1. The van der Waals surface area contributed by atoms with Crippen LogP contribution in [-0.4, -0.2) is 47.9 Å². The van der Waals surface area contributed by atoms with Crippen molar-refractivity contribution in [3.05, 3.63) is 28.7 Å². The van der Waals surface area contributed by atoms with Crippen molar-refractivity contribution >= 4 is 51.3 Å². The number of hydrazine groups is 1. The largest absolute Gasteiger partial charge is 0.464 e. The first-order valence-electron chi connectivity index (χ1n) is 9.66. The number of rotatable bonds is 8. The highest BCUT2D eigenvalue weighted by Gasteiger charge is 2.55. The molecule has 1 aromatic rings. The van der Waals surface area contributed by atoms with Gasteiger partial charge in [0.15, 0.2) is 0 Å². The summed E-state index contributed by atoms with van der Waals surface area (Å²) >= 11 is 3.29. The summed E-state index contributed by atoms with van der Waals surface area (Å²) in [4.78, 5) is 61.0. The highest BCUT2D eigenvalue weighted by molar-refractivity contribution is 9.10. The number of anilines is 1. The van der Waals surface area contributed by atoms with E-state index in [1.54, 1.807) is 38.1 Å². The van der Waals surface area contributed by atoms with Gasteiger partial charge in [-0.15, -0.1) is 0 Å². The van der Waals surface area contributed by atoms with E-state index >= 15 is 0 Å². The summed E-state index contributed by atoms with van der Waals surface area (Å²) in [7, 11) is 0. The van der Waals surface area contributed by atoms with E-state index in [4.69, 9.17) is 4.74 Å². The summed E-state index contributed by atoms with van der Waals surface area (Å²) in [5.74, 6) is -2.51. The molecule has 31 heavy (non-hydrogen) atoms. The van der Waals surface area contributed by atoms with E-state index in [2.05, 4.69) is 32.0 Å². The molecule has 1 aromatic carbocycles. The van der Waals surface area contributed by atoms with Gasteiger partial charge in [-0.05, 0) is 30.2 Å². The lowest BCUT2D eigenvalue weighted by Crippen LogP contribution is -2.50. The van der Waals surface area contributed by atoms with Crippen LogP contribution in [0.4, 0.5) is 10.5 Å². The van der Waals surface area contributed by atoms with E-state index in [-0.39, 0.29) is 31.9 Å². The number of imide groups is 1. The number of hydrogen-bond donors (Lipinski definition) is 3. The predicted molar refractivity (Wildman–Crippen MR) is 114 cm³/mol. The molecule has 1 atom stereocenters. The molecule has 1 aliphatic heterocycles. The van der Waals surface area contributed by atoms with Crippen LogP contribution in [0.2, 0.25) is 0 Å². The zero-order valence-corrected chi connectivity index (χ0v) is 19.1. The summed E-state index contributed by atoms with van der Waals surface area (Å²) in [6.07, 6.45) is -0.443. The number of benzene rings is 1. The minimum absolute atomic E-state index is 0.00649. The zero-order valence-electron chi connectivity index (χ0n) is 17.5. The maximum Gasteiger partial charge on any atom is 0.338 e. The lowest BCUT2D eigenvalue weighted by Gasteiger charge is -2.30. The van der Waals surface area contributed by atoms with Crippen molar-refractivity contribution in [1.82, 2.24) is 15.8 Å². The minimum atomic E-state index is -1.28. The molecular formula is C20H25BrN4O6. The molecule has 0 bridgehead atoms. The van der Waals surface area contributed by atoms with Crippen LogP contribution < -0.4 is 16.1 Å². The SMILES string of the molecule is CC(=O)OCCNC(=O)CC1(C(C)C)CC(=O)N(NC(=O)Nc2ccc(Br)cc2)C1=O. The number of ether oxygens (including phenoxy) is 1. The molecule has 0 aromatic heterocycles. The van der Waals surface area contributed by atoms with Crippen LogP contribution in [0.1, 0.15) is 33.6 Å². The molecule has 0 radical (unpaired) electrons. The Morgan fingerprint density at radius 1 is 1.19 bits per heavy atom. The van der Waals surface area contributed by atoms with Gasteiger partial charge < -0.3 is 15.4 Å². The van der Waals surface area contributed by atoms with E-state index in [0.717, 1.165) is 4.47 Å². The fourth-order valence-electron chi connectivity index (χ4n) is 3.19. The Balaban J connectivity index is 2.02. The molecular weight excluding hydrogens is 472 g/mol. The number of hydrogen-bond acceptors (Lipinski definition) is 6. The molecule has 10 nitrogen and oxygen atoms in total. The smallest absolute Gasteiger partial charge is 0.338 e. The molecule has 0 aliphatic carbocycles. The Morgan fingerprint density at radius 3 is 2.42 bits per heavy atom. The average Bonchev–Trinajstić information content (AvgIpc) is 2.92. The maximum atomic E-state index is 13.1. The molecule has 168 valence electrons. The van der Waals surface area contributed by atoms with Crippen LogP contribution >= 0.6 is 15.9 Å². The molecule has 5 amide bonds. The molecule has 3 N–H and O–H groups in total. The van der Waals surface area contributed by atoms with Gasteiger partial charge in [-0.25, -0.2) is 10.2 Å². The maximum absolute atomic E-state index is 13.1. The number of halogens is 1. The van der Waals surface area contributed by atoms with Crippen molar-refractivity contribution in [2.45, 2.75) is 33.6 Å². The number of carbonyl (C=O) groups is 5. The lowest BCUT2D eigenvalue weighted by molar-refractivity contribution is -0.147. The molecule has 1 saturated heterocycles. The molecule has 0 spiro atoms. The topological polar surface area (TPSA) is 134 Å². The van der Waals surface area contributed by atoms with Crippen LogP contribution in [0.15, 0.2) is 28.7 Å². The highest BCUT2D eigenvalue weighted by atomic mass is 79.9. The first-order chi connectivity index (χ1) is 14.5. The summed E-state index contributed by atoms with van der Waals surface area (Å²) in [5.41, 5.74) is 1.46. The average molecular weight is 497 g/mol. The lowest BCUT2D eigenvalue weighted by atomic mass is 9.73. The number of nitrogens with zero attached hydrogens (tertiary/aromatic N) is 1. The Hall–Kier alpha value is -2.95. The second-order valence-corrected chi connectivity index (χ2v) is 8.38. The Bertz CT molecular complexity index is 873. The molecule has 1 unspecified atom stereocenters. The number of amides is 5. The van der Waals surface area contributed by atoms with Gasteiger partial charge in [0.05, 0.1) is 12.0 Å². The van der Waals surface area contributed by atoms with Crippen LogP contribution in [0.3, 0.4) is 0 Å². The normalized spacial score (nSPS) is 18.2. The Kier molecular flexibility index (Phi) is 8.14. The predicted octanol–water partition coefficient (Wildman–Crippen LogP) is 1.96. The van der Waals surface area contributed by atoms with Crippen molar-refractivity contribution in [3.63, 3.8) is 0 Å². The quantitative estimate of drug-likeness (QED) is 0.286. The standard InChI is InChI=1S/C20H25BrN4O6/c1-12(2)20(10-16(27)22-8-9-31-13(3)26)11-17(28)25(18(20)29)24-19(30)23-15-6-4-14(21)5-7-15/h4-7,12H,8-11H2,1-3H3,(H,22,27)(H2,23,24,30). The third kappa shape index (κ3) is 6.27. The summed E-state index contributed by atoms with van der Waals surface area (Å²) in [5, 5.41) is 5.78. The fraction of sp³-hybridized carbons (Fsp3) is 0.450. The van der Waals surface area contributed by atoms with Gasteiger partial charge in [0.25, 0.3) is 5.91 Å². The monoisotopic (exact) mass is 496 g/mol. The Labute approximate surface area is 188 Å². The second kappa shape index (κ2) is 10.4. The summed E-state index contributed by atoms with van der Waals surface area (Å²) < 4.78 is 5.58. The van der Waals surface area contributed by atoms with Crippen molar-refractivity contribution in [3.8, 4) is 0 Å². The van der Waals surface area contributed by atoms with Gasteiger partial charge in [-0.1, -0.05) is 29.8 Å². The van der Waals surface area contributed by atoms with Crippen LogP contribution in [-0.2, 0) is 23.9 Å².